The van der Waals surface area contributed by atoms with E-state index in [0.717, 1.165) is 12.8 Å². The lowest BCUT2D eigenvalue weighted by Crippen LogP contribution is -2.56. The largest absolute Gasteiger partial charge is 0.481 e. The Hall–Kier alpha value is -4.22. The fourth-order valence-electron chi connectivity index (χ4n) is 4.12. The van der Waals surface area contributed by atoms with Crippen molar-refractivity contribution in [3.8, 4) is 17.3 Å². The van der Waals surface area contributed by atoms with Crippen LogP contribution in [0.4, 0.5) is 4.79 Å². The number of hydrogen-bond donors (Lipinski definition) is 2. The zero-order valence-electron chi connectivity index (χ0n) is 21.9. The van der Waals surface area contributed by atoms with Crippen LogP contribution in [-0.2, 0) is 14.3 Å². The van der Waals surface area contributed by atoms with Crippen molar-refractivity contribution in [2.45, 2.75) is 38.6 Å². The van der Waals surface area contributed by atoms with Gasteiger partial charge in [0.1, 0.15) is 11.7 Å². The van der Waals surface area contributed by atoms with Gasteiger partial charge in [0.25, 0.3) is 5.91 Å². The Morgan fingerprint density at radius 1 is 1.05 bits per heavy atom. The third kappa shape index (κ3) is 7.88. The molecule has 1 aromatic heterocycles. The molecule has 1 aliphatic heterocycles. The summed E-state index contributed by atoms with van der Waals surface area (Å²) >= 11 is 0. The Morgan fingerprint density at radius 2 is 1.74 bits per heavy atom. The lowest BCUT2D eigenvalue weighted by atomic mass is 10.1. The smallest absolute Gasteiger partial charge is 0.409 e. The van der Waals surface area contributed by atoms with E-state index >= 15 is 0 Å². The maximum absolute atomic E-state index is 13.3. The summed E-state index contributed by atoms with van der Waals surface area (Å²) in [6.45, 7) is 3.49. The number of ether oxygens (including phenoxy) is 2. The molecule has 2 heterocycles. The van der Waals surface area contributed by atoms with Gasteiger partial charge in [-0.05, 0) is 32.1 Å². The van der Waals surface area contributed by atoms with Gasteiger partial charge in [0.15, 0.2) is 5.82 Å². The number of carbonyl (C=O) groups excluding carboxylic acids is 3. The second-order valence-electron chi connectivity index (χ2n) is 9.51. The normalized spacial score (nSPS) is 15.8. The van der Waals surface area contributed by atoms with Crippen LogP contribution in [0.3, 0.4) is 0 Å². The van der Waals surface area contributed by atoms with Gasteiger partial charge in [-0.25, -0.2) is 9.78 Å². The molecule has 208 valence electrons. The van der Waals surface area contributed by atoms with Crippen LogP contribution in [0.5, 0.6) is 5.88 Å². The molecule has 0 bridgehead atoms. The average Bonchev–Trinajstić information content (AvgIpc) is 3.79. The van der Waals surface area contributed by atoms with E-state index in [-0.39, 0.29) is 57.2 Å². The van der Waals surface area contributed by atoms with E-state index < -0.39 is 29.9 Å². The number of benzene rings is 1. The fourth-order valence-corrected chi connectivity index (χ4v) is 4.12. The molecule has 0 radical (unpaired) electrons. The number of nitrogens with zero attached hydrogens (tertiary/aromatic N) is 4. The van der Waals surface area contributed by atoms with Crippen molar-refractivity contribution in [1.82, 2.24) is 25.1 Å². The SMILES string of the molecule is CCOC(=O)N1CCN(C(=O)[C@H](CCC(=O)O)NC(=O)c2cc(OCC3CC3)nc(-c3ccccc3)n2)CC1. The van der Waals surface area contributed by atoms with Gasteiger partial charge in [0.2, 0.25) is 11.8 Å². The number of carbonyl (C=O) groups is 4. The number of carboxylic acids is 1. The van der Waals surface area contributed by atoms with Crippen LogP contribution < -0.4 is 10.1 Å². The zero-order chi connectivity index (χ0) is 27.8. The molecule has 2 N–H and O–H groups in total. The summed E-state index contributed by atoms with van der Waals surface area (Å²) < 4.78 is 10.8. The third-order valence-corrected chi connectivity index (χ3v) is 6.50. The van der Waals surface area contributed by atoms with Crippen LogP contribution in [0, 0.1) is 5.92 Å². The number of aliphatic carboxylic acids is 1. The molecule has 12 heteroatoms. The third-order valence-electron chi connectivity index (χ3n) is 6.50. The molecular formula is C27H33N5O7. The highest BCUT2D eigenvalue weighted by molar-refractivity contribution is 5.96. The van der Waals surface area contributed by atoms with E-state index in [4.69, 9.17) is 9.47 Å². The maximum atomic E-state index is 13.3. The van der Waals surface area contributed by atoms with Crippen molar-refractivity contribution in [3.63, 3.8) is 0 Å². The predicted octanol–water partition coefficient (Wildman–Crippen LogP) is 2.20. The molecule has 39 heavy (non-hydrogen) atoms. The number of aromatic nitrogens is 2. The first-order chi connectivity index (χ1) is 18.8. The van der Waals surface area contributed by atoms with Crippen LogP contribution in [-0.4, -0.2) is 94.2 Å². The van der Waals surface area contributed by atoms with E-state index in [9.17, 15) is 24.3 Å². The lowest BCUT2D eigenvalue weighted by molar-refractivity contribution is -0.138. The van der Waals surface area contributed by atoms with Gasteiger partial charge < -0.3 is 29.7 Å². The summed E-state index contributed by atoms with van der Waals surface area (Å²) in [7, 11) is 0. The van der Waals surface area contributed by atoms with Gasteiger partial charge in [0.05, 0.1) is 13.2 Å². The topological polar surface area (TPSA) is 151 Å². The lowest BCUT2D eigenvalue weighted by Gasteiger charge is -2.35. The van der Waals surface area contributed by atoms with Gasteiger partial charge in [-0.2, -0.15) is 4.98 Å². The Kier molecular flexibility index (Phi) is 9.29. The minimum atomic E-state index is -1.09. The average molecular weight is 540 g/mol. The van der Waals surface area contributed by atoms with Crippen LogP contribution in [0.25, 0.3) is 11.4 Å². The molecule has 0 spiro atoms. The Bertz CT molecular complexity index is 1180. The standard InChI is InChI=1S/C27H33N5O7/c1-2-38-27(37)32-14-12-31(13-15-32)26(36)20(10-11-23(33)34)29-25(35)21-16-22(39-17-18-8-9-18)30-24(28-21)19-6-4-3-5-7-19/h3-7,16,18,20H,2,8-15,17H2,1H3,(H,29,35)(H,33,34)/t20-/m0/s1. The van der Waals surface area contributed by atoms with Crippen LogP contribution in [0.1, 0.15) is 43.1 Å². The molecule has 12 nitrogen and oxygen atoms in total. The minimum Gasteiger partial charge on any atom is -0.481 e. The second-order valence-corrected chi connectivity index (χ2v) is 9.51. The van der Waals surface area contributed by atoms with Gasteiger partial charge >= 0.3 is 12.1 Å². The van der Waals surface area contributed by atoms with Gasteiger partial charge in [-0.3, -0.25) is 14.4 Å². The first-order valence-electron chi connectivity index (χ1n) is 13.1. The van der Waals surface area contributed by atoms with Crippen molar-refractivity contribution in [2.24, 2.45) is 5.92 Å². The first-order valence-corrected chi connectivity index (χ1v) is 13.1. The van der Waals surface area contributed by atoms with Gasteiger partial charge in [0, 0.05) is 44.2 Å². The monoisotopic (exact) mass is 539 g/mol. The molecule has 4 rings (SSSR count). The molecule has 1 aromatic carbocycles. The van der Waals surface area contributed by atoms with Crippen molar-refractivity contribution >= 4 is 23.9 Å². The van der Waals surface area contributed by atoms with E-state index in [1.165, 1.54) is 15.9 Å². The highest BCUT2D eigenvalue weighted by atomic mass is 16.6. The quantitative estimate of drug-likeness (QED) is 0.438. The van der Waals surface area contributed by atoms with Gasteiger partial charge in [-0.1, -0.05) is 30.3 Å². The van der Waals surface area contributed by atoms with E-state index in [0.29, 0.717) is 23.9 Å². The minimum absolute atomic E-state index is 0.00917. The van der Waals surface area contributed by atoms with Crippen LogP contribution in [0.15, 0.2) is 36.4 Å². The molecule has 0 unspecified atom stereocenters. The summed E-state index contributed by atoms with van der Waals surface area (Å²) in [5, 5.41) is 11.9. The molecular weight excluding hydrogens is 506 g/mol. The number of nitrogens with one attached hydrogen (secondary N) is 1. The molecule has 1 saturated carbocycles. The summed E-state index contributed by atoms with van der Waals surface area (Å²) in [4.78, 5) is 61.9. The molecule has 3 amide bonds. The Labute approximate surface area is 226 Å². The number of amides is 3. The highest BCUT2D eigenvalue weighted by Gasteiger charge is 2.31. The van der Waals surface area contributed by atoms with Crippen LogP contribution in [0.2, 0.25) is 0 Å². The first kappa shape index (κ1) is 27.8. The number of rotatable bonds is 11. The summed E-state index contributed by atoms with van der Waals surface area (Å²) in [5.74, 6) is -1.12. The molecule has 2 aliphatic rings. The van der Waals surface area contributed by atoms with Crippen molar-refractivity contribution in [2.75, 3.05) is 39.4 Å². The van der Waals surface area contributed by atoms with Crippen molar-refractivity contribution in [3.05, 3.63) is 42.1 Å². The van der Waals surface area contributed by atoms with Crippen LogP contribution >= 0.6 is 0 Å². The maximum Gasteiger partial charge on any atom is 0.409 e. The Morgan fingerprint density at radius 3 is 2.38 bits per heavy atom. The summed E-state index contributed by atoms with van der Waals surface area (Å²) in [6, 6.07) is 9.50. The van der Waals surface area contributed by atoms with Crippen molar-refractivity contribution in [1.29, 1.82) is 0 Å². The fraction of sp³-hybridized carbons (Fsp3) is 0.481. The molecule has 2 fully saturated rings. The van der Waals surface area contributed by atoms with E-state index in [2.05, 4.69) is 15.3 Å². The summed E-state index contributed by atoms with van der Waals surface area (Å²) in [6.07, 6.45) is 1.32. The summed E-state index contributed by atoms with van der Waals surface area (Å²) in [5.41, 5.74) is 0.705. The molecule has 1 saturated heterocycles. The highest BCUT2D eigenvalue weighted by Crippen LogP contribution is 2.29. The molecule has 2 aromatic rings. The second kappa shape index (κ2) is 13.0. The van der Waals surface area contributed by atoms with E-state index in [1.807, 2.05) is 30.3 Å². The zero-order valence-corrected chi connectivity index (χ0v) is 21.9. The van der Waals surface area contributed by atoms with Crippen molar-refractivity contribution < 1.29 is 33.8 Å². The van der Waals surface area contributed by atoms with E-state index in [1.54, 1.807) is 6.92 Å². The number of hydrogen-bond acceptors (Lipinski definition) is 8. The molecule has 1 atom stereocenters. The van der Waals surface area contributed by atoms with Gasteiger partial charge in [-0.15, -0.1) is 0 Å². The number of carboxylic acid groups (broad SMARTS) is 1. The predicted molar refractivity (Wildman–Crippen MR) is 139 cm³/mol. The number of piperazine rings is 1. The molecule has 1 aliphatic carbocycles. The Balaban J connectivity index is 1.50.